The monoisotopic (exact) mass is 688 g/mol. The van der Waals surface area contributed by atoms with Crippen molar-refractivity contribution >= 4 is 56.2 Å². The molecular weight excluding hydrogens is 637 g/mol. The lowest BCUT2D eigenvalue weighted by Crippen LogP contribution is -2.40. The maximum atomic E-state index is 12.9. The highest BCUT2D eigenvalue weighted by atomic mass is 33.1. The first-order valence-electron chi connectivity index (χ1n) is 14.8. The van der Waals surface area contributed by atoms with Gasteiger partial charge in [-0.15, -0.1) is 0 Å². The minimum Gasteiger partial charge on any atom is -0.448 e. The van der Waals surface area contributed by atoms with Crippen LogP contribution in [0.15, 0.2) is 23.3 Å². The summed E-state index contributed by atoms with van der Waals surface area (Å²) in [5.41, 5.74) is 10.7. The molecule has 1 aromatic rings. The first-order chi connectivity index (χ1) is 20.4. The van der Waals surface area contributed by atoms with Crippen LogP contribution in [-0.2, 0) is 36.3 Å². The summed E-state index contributed by atoms with van der Waals surface area (Å²) in [6.45, 7) is 23.7. The van der Waals surface area contributed by atoms with E-state index in [0.29, 0.717) is 36.8 Å². The summed E-state index contributed by atoms with van der Waals surface area (Å²) >= 11 is 0. The fourth-order valence-corrected chi connectivity index (χ4v) is 6.52. The summed E-state index contributed by atoms with van der Waals surface area (Å²) in [7, 11) is -1.02. The number of para-hydroxylation sites is 1. The van der Waals surface area contributed by atoms with Gasteiger partial charge in [-0.05, 0) is 48.2 Å². The maximum Gasteiger partial charge on any atom is 0.508 e. The van der Waals surface area contributed by atoms with Crippen LogP contribution >= 0.6 is 21.6 Å². The Morgan fingerprint density at radius 2 is 1.32 bits per heavy atom. The van der Waals surface area contributed by atoms with Gasteiger partial charge in [0.2, 0.25) is 0 Å². The molecule has 1 N–H and O–H groups in total. The van der Waals surface area contributed by atoms with Crippen molar-refractivity contribution in [1.29, 1.82) is 0 Å². The van der Waals surface area contributed by atoms with Crippen molar-refractivity contribution in [2.45, 2.75) is 97.4 Å². The second kappa shape index (κ2) is 18.9. The van der Waals surface area contributed by atoms with E-state index in [4.69, 9.17) is 28.6 Å². The Morgan fingerprint density at radius 1 is 0.841 bits per heavy atom. The summed E-state index contributed by atoms with van der Waals surface area (Å²) in [4.78, 5) is 27.0. The molecule has 0 unspecified atom stereocenters. The van der Waals surface area contributed by atoms with Gasteiger partial charge in [0.25, 0.3) is 0 Å². The molecule has 1 amide bonds. The van der Waals surface area contributed by atoms with Crippen molar-refractivity contribution in [3.63, 3.8) is 0 Å². The third-order valence-electron chi connectivity index (χ3n) is 7.81. The molecule has 0 spiro atoms. The number of ether oxygens (including phenoxy) is 3. The van der Waals surface area contributed by atoms with Gasteiger partial charge in [0.1, 0.15) is 13.2 Å². The summed E-state index contributed by atoms with van der Waals surface area (Å²) in [5.74, 6) is 1.13. The van der Waals surface area contributed by atoms with Crippen LogP contribution < -0.4 is 5.32 Å². The Labute approximate surface area is 273 Å². The van der Waals surface area contributed by atoms with E-state index >= 15 is 0 Å². The fraction of sp³-hybridized carbons (Fsp3) is 0.724. The number of amides is 1. The Kier molecular flexibility index (Phi) is 17.3. The third kappa shape index (κ3) is 14.9. The highest BCUT2D eigenvalue weighted by Gasteiger charge is 2.38. The van der Waals surface area contributed by atoms with Gasteiger partial charge in [-0.2, -0.15) is 0 Å². The van der Waals surface area contributed by atoms with Crippen LogP contribution in [0.2, 0.25) is 36.3 Å². The first kappa shape index (κ1) is 40.1. The van der Waals surface area contributed by atoms with Crippen LogP contribution in [0.25, 0.3) is 10.4 Å². The molecule has 0 heterocycles. The average molecular weight is 689 g/mol. The van der Waals surface area contributed by atoms with Gasteiger partial charge < -0.3 is 23.1 Å². The number of hydrogen-bond donors (Lipinski definition) is 1. The molecule has 0 fully saturated rings. The van der Waals surface area contributed by atoms with Gasteiger partial charge in [0.15, 0.2) is 16.6 Å². The lowest BCUT2D eigenvalue weighted by atomic mass is 10.1. The van der Waals surface area contributed by atoms with E-state index in [9.17, 15) is 9.59 Å². The van der Waals surface area contributed by atoms with E-state index in [2.05, 4.69) is 83.1 Å². The normalized spacial score (nSPS) is 12.3. The lowest BCUT2D eigenvalue weighted by Gasteiger charge is -2.37. The van der Waals surface area contributed by atoms with Gasteiger partial charge in [-0.25, -0.2) is 9.59 Å². The second-order valence-corrected chi connectivity index (χ2v) is 25.5. The minimum absolute atomic E-state index is 0.0581. The number of benzene rings is 1. The first-order valence-corrected chi connectivity index (χ1v) is 23.1. The molecule has 0 aromatic heterocycles. The van der Waals surface area contributed by atoms with Gasteiger partial charge in [0.05, 0.1) is 25.5 Å². The number of carbonyl (C=O) groups excluding carboxylic acids is 2. The van der Waals surface area contributed by atoms with Crippen LogP contribution in [0.1, 0.15) is 59.1 Å². The standard InChI is InChI=1S/C29H52N4O7S2Si2/c1-28(2,3)43(7,8)39-21-23-13-11-14-24(22-40-44(9,10)29(4,5)6)25(23)32-26(34)36-17-19-41-42-20-18-38-27(35)37-16-12-15-31-33-30/h11,13-14H,12,15-22H2,1-10H3,(H,32,34). The van der Waals surface area contributed by atoms with E-state index in [-0.39, 0.29) is 36.4 Å². The smallest absolute Gasteiger partial charge is 0.448 e. The molecule has 0 saturated carbocycles. The molecule has 0 aliphatic heterocycles. The van der Waals surface area contributed by atoms with E-state index in [0.717, 1.165) is 11.1 Å². The average Bonchev–Trinajstić information content (AvgIpc) is 2.91. The van der Waals surface area contributed by atoms with Gasteiger partial charge >= 0.3 is 12.2 Å². The molecular formula is C29H52N4O7S2Si2. The topological polar surface area (TPSA) is 141 Å². The Balaban J connectivity index is 2.68. The van der Waals surface area contributed by atoms with Gasteiger partial charge in [-0.3, -0.25) is 5.32 Å². The van der Waals surface area contributed by atoms with Crippen molar-refractivity contribution in [1.82, 2.24) is 0 Å². The van der Waals surface area contributed by atoms with Crippen LogP contribution in [0.3, 0.4) is 0 Å². The zero-order chi connectivity index (χ0) is 33.4. The van der Waals surface area contributed by atoms with Crippen LogP contribution in [0.4, 0.5) is 15.3 Å². The van der Waals surface area contributed by atoms with Crippen molar-refractivity contribution < 1.29 is 32.7 Å². The minimum atomic E-state index is -2.02. The molecule has 11 nitrogen and oxygen atoms in total. The quantitative estimate of drug-likeness (QED) is 0.0303. The van der Waals surface area contributed by atoms with Crippen LogP contribution in [-0.4, -0.2) is 66.8 Å². The summed E-state index contributed by atoms with van der Waals surface area (Å²) < 4.78 is 28.4. The van der Waals surface area contributed by atoms with E-state index in [1.807, 2.05) is 18.2 Å². The predicted octanol–water partition coefficient (Wildman–Crippen LogP) is 9.51. The molecule has 0 aliphatic rings. The molecule has 1 rings (SSSR count). The second-order valence-electron chi connectivity index (χ2n) is 13.2. The molecule has 0 bridgehead atoms. The molecule has 250 valence electrons. The van der Waals surface area contributed by atoms with Crippen molar-refractivity contribution in [2.75, 3.05) is 43.2 Å². The molecule has 0 saturated heterocycles. The molecule has 15 heteroatoms. The van der Waals surface area contributed by atoms with Crippen molar-refractivity contribution in [3.05, 3.63) is 39.8 Å². The Hall–Kier alpha value is -1.88. The molecule has 44 heavy (non-hydrogen) atoms. The number of azide groups is 1. The van der Waals surface area contributed by atoms with Gasteiger partial charge in [-0.1, -0.05) is 86.4 Å². The molecule has 0 atom stereocenters. The maximum absolute atomic E-state index is 12.9. The number of anilines is 1. The Morgan fingerprint density at radius 3 is 1.80 bits per heavy atom. The van der Waals surface area contributed by atoms with E-state index in [1.54, 1.807) is 0 Å². The highest BCUT2D eigenvalue weighted by molar-refractivity contribution is 8.76. The largest absolute Gasteiger partial charge is 0.508 e. The predicted molar refractivity (Wildman–Crippen MR) is 186 cm³/mol. The van der Waals surface area contributed by atoms with Crippen LogP contribution in [0, 0.1) is 0 Å². The number of rotatable bonds is 18. The van der Waals surface area contributed by atoms with Crippen molar-refractivity contribution in [3.8, 4) is 0 Å². The molecule has 0 aliphatic carbocycles. The molecule has 1 aromatic carbocycles. The third-order valence-corrected chi connectivity index (χ3v) is 19.1. The zero-order valence-corrected chi connectivity index (χ0v) is 31.7. The number of nitrogens with one attached hydrogen (secondary N) is 1. The number of nitrogens with zero attached hydrogens (tertiary/aromatic N) is 3. The van der Waals surface area contributed by atoms with Crippen LogP contribution in [0.5, 0.6) is 0 Å². The highest BCUT2D eigenvalue weighted by Crippen LogP contribution is 2.39. The van der Waals surface area contributed by atoms with E-state index in [1.165, 1.54) is 21.6 Å². The summed E-state index contributed by atoms with van der Waals surface area (Å²) in [6, 6.07) is 5.94. The van der Waals surface area contributed by atoms with E-state index < -0.39 is 28.9 Å². The number of carbonyl (C=O) groups is 2. The summed E-state index contributed by atoms with van der Waals surface area (Å²) in [5, 5.41) is 6.46. The summed E-state index contributed by atoms with van der Waals surface area (Å²) in [6.07, 6.45) is -0.837. The molecule has 0 radical (unpaired) electrons. The number of hydrogen-bond acceptors (Lipinski definition) is 10. The van der Waals surface area contributed by atoms with Gasteiger partial charge in [0, 0.05) is 34.1 Å². The Bertz CT molecular complexity index is 1060. The van der Waals surface area contributed by atoms with Crippen molar-refractivity contribution in [2.24, 2.45) is 5.11 Å². The zero-order valence-electron chi connectivity index (χ0n) is 28.1. The SMILES string of the molecule is CC(C)(C)[Si](C)(C)OCc1cccc(CO[Si](C)(C)C(C)(C)C)c1NC(=O)OCCSSCCOC(=O)OCCCN=[N+]=[N-]. The fourth-order valence-electron chi connectivity index (χ4n) is 2.96. The lowest BCUT2D eigenvalue weighted by molar-refractivity contribution is 0.0595.